The average molecular weight is 690 g/mol. The van der Waals surface area contributed by atoms with Crippen molar-refractivity contribution in [2.45, 2.75) is 0 Å². The maximum absolute atomic E-state index is 6.66. The molecule has 1 heterocycles. The van der Waals surface area contributed by atoms with Crippen molar-refractivity contribution >= 4 is 49.6 Å². The highest BCUT2D eigenvalue weighted by Gasteiger charge is 2.20. The summed E-state index contributed by atoms with van der Waals surface area (Å²) in [5.41, 5.74) is 12.1. The molecule has 0 saturated heterocycles. The van der Waals surface area contributed by atoms with E-state index in [1.54, 1.807) is 0 Å². The largest absolute Gasteiger partial charge is 0.455 e. The van der Waals surface area contributed by atoms with Gasteiger partial charge in [-0.1, -0.05) is 164 Å². The third kappa shape index (κ3) is 5.71. The molecule has 254 valence electrons. The maximum atomic E-state index is 6.66. The number of benzene rings is 9. The Bertz CT molecular complexity index is 2920. The molecule has 0 radical (unpaired) electrons. The minimum Gasteiger partial charge on any atom is -0.455 e. The van der Waals surface area contributed by atoms with Crippen molar-refractivity contribution in [2.75, 3.05) is 4.90 Å². The van der Waals surface area contributed by atoms with Crippen molar-refractivity contribution in [3.8, 4) is 44.7 Å². The molecule has 2 heteroatoms. The van der Waals surface area contributed by atoms with E-state index in [9.17, 15) is 0 Å². The molecule has 0 N–H and O–H groups in total. The first-order valence-corrected chi connectivity index (χ1v) is 18.4. The lowest BCUT2D eigenvalue weighted by Gasteiger charge is -2.26. The fourth-order valence-electron chi connectivity index (χ4n) is 7.81. The van der Waals surface area contributed by atoms with Crippen molar-refractivity contribution in [1.82, 2.24) is 0 Å². The Balaban J connectivity index is 1.10. The Kier molecular flexibility index (Phi) is 7.85. The van der Waals surface area contributed by atoms with Gasteiger partial charge in [-0.2, -0.15) is 0 Å². The quantitative estimate of drug-likeness (QED) is 0.166. The Labute approximate surface area is 314 Å². The first-order valence-electron chi connectivity index (χ1n) is 18.4. The molecule has 2 nitrogen and oxygen atoms in total. The van der Waals surface area contributed by atoms with E-state index in [2.05, 4.69) is 211 Å². The van der Waals surface area contributed by atoms with Crippen molar-refractivity contribution in [3.63, 3.8) is 0 Å². The summed E-state index contributed by atoms with van der Waals surface area (Å²) in [5.74, 6) is 0.863. The Morgan fingerprint density at radius 1 is 0.315 bits per heavy atom. The maximum Gasteiger partial charge on any atom is 0.143 e. The molecule has 0 amide bonds. The lowest BCUT2D eigenvalue weighted by Crippen LogP contribution is -2.10. The van der Waals surface area contributed by atoms with E-state index in [0.717, 1.165) is 50.5 Å². The predicted octanol–water partition coefficient (Wildman–Crippen LogP) is 14.9. The standard InChI is InChI=1S/C52H35NO/c1-2-14-40(15-3-1)51-49-21-8-9-23-50(49)54-52(51)43-18-10-19-46(35-43)53(44-30-26-37(27-31-44)42-25-24-36-12-4-5-16-41(36)34-42)45-32-28-39(29-33-45)48-22-11-17-38-13-6-7-20-47(38)48/h1-35H. The van der Waals surface area contributed by atoms with E-state index in [4.69, 9.17) is 4.42 Å². The van der Waals surface area contributed by atoms with Crippen LogP contribution in [0, 0.1) is 0 Å². The van der Waals surface area contributed by atoms with Gasteiger partial charge in [0.25, 0.3) is 0 Å². The van der Waals surface area contributed by atoms with Crippen LogP contribution < -0.4 is 4.90 Å². The van der Waals surface area contributed by atoms with E-state index in [-0.39, 0.29) is 0 Å². The van der Waals surface area contributed by atoms with E-state index in [0.29, 0.717) is 0 Å². The van der Waals surface area contributed by atoms with Crippen LogP contribution in [0.5, 0.6) is 0 Å². The smallest absolute Gasteiger partial charge is 0.143 e. The lowest BCUT2D eigenvalue weighted by atomic mass is 9.97. The highest BCUT2D eigenvalue weighted by atomic mass is 16.3. The predicted molar refractivity (Wildman–Crippen MR) is 228 cm³/mol. The van der Waals surface area contributed by atoms with Gasteiger partial charge in [-0.05, 0) is 97.9 Å². The summed E-state index contributed by atoms with van der Waals surface area (Å²) in [7, 11) is 0. The minimum absolute atomic E-state index is 0.863. The molecule has 10 rings (SSSR count). The average Bonchev–Trinajstić information content (AvgIpc) is 3.64. The second-order valence-electron chi connectivity index (χ2n) is 13.7. The summed E-state index contributed by atoms with van der Waals surface area (Å²) in [5, 5.41) is 6.08. The lowest BCUT2D eigenvalue weighted by molar-refractivity contribution is 0.632. The first-order chi connectivity index (χ1) is 26.8. The van der Waals surface area contributed by atoms with Crippen LogP contribution in [-0.4, -0.2) is 0 Å². The Hall–Kier alpha value is -7.16. The SMILES string of the molecule is c1ccc(-c2c(-c3cccc(N(c4ccc(-c5ccc6ccccc6c5)cc4)c4ccc(-c5cccc6ccccc56)cc4)c3)oc3ccccc23)cc1. The molecule has 0 spiro atoms. The van der Waals surface area contributed by atoms with Gasteiger partial charge in [0.2, 0.25) is 0 Å². The highest BCUT2D eigenvalue weighted by Crippen LogP contribution is 2.44. The second-order valence-corrected chi connectivity index (χ2v) is 13.7. The summed E-state index contributed by atoms with van der Waals surface area (Å²) in [6, 6.07) is 75.8. The number of nitrogens with zero attached hydrogens (tertiary/aromatic N) is 1. The number of para-hydroxylation sites is 1. The molecule has 0 unspecified atom stereocenters. The molecule has 0 saturated carbocycles. The zero-order valence-corrected chi connectivity index (χ0v) is 29.6. The van der Waals surface area contributed by atoms with Crippen molar-refractivity contribution in [2.24, 2.45) is 0 Å². The number of fused-ring (bicyclic) bond motifs is 3. The van der Waals surface area contributed by atoms with Gasteiger partial charge in [-0.3, -0.25) is 0 Å². The van der Waals surface area contributed by atoms with E-state index in [1.165, 1.54) is 43.8 Å². The number of rotatable bonds is 7. The normalized spacial score (nSPS) is 11.3. The number of furan rings is 1. The van der Waals surface area contributed by atoms with E-state index < -0.39 is 0 Å². The Morgan fingerprint density at radius 3 is 1.70 bits per heavy atom. The van der Waals surface area contributed by atoms with Gasteiger partial charge < -0.3 is 9.32 Å². The summed E-state index contributed by atoms with van der Waals surface area (Å²) in [6.07, 6.45) is 0. The second kappa shape index (κ2) is 13.4. The molecule has 0 bridgehead atoms. The van der Waals surface area contributed by atoms with Gasteiger partial charge in [0.15, 0.2) is 0 Å². The molecule has 54 heavy (non-hydrogen) atoms. The molecule has 10 aromatic rings. The van der Waals surface area contributed by atoms with Crippen LogP contribution in [0.15, 0.2) is 217 Å². The fraction of sp³-hybridized carbons (Fsp3) is 0. The topological polar surface area (TPSA) is 16.4 Å². The summed E-state index contributed by atoms with van der Waals surface area (Å²) in [4.78, 5) is 2.34. The monoisotopic (exact) mass is 689 g/mol. The molecule has 0 aliphatic heterocycles. The highest BCUT2D eigenvalue weighted by molar-refractivity contribution is 6.02. The molecular formula is C52H35NO. The van der Waals surface area contributed by atoms with Crippen LogP contribution in [-0.2, 0) is 0 Å². The molecule has 0 atom stereocenters. The summed E-state index contributed by atoms with van der Waals surface area (Å²) >= 11 is 0. The molecule has 0 aliphatic carbocycles. The molecule has 9 aromatic carbocycles. The molecule has 0 fully saturated rings. The molecule has 1 aromatic heterocycles. The van der Waals surface area contributed by atoms with Crippen LogP contribution in [0.25, 0.3) is 77.2 Å². The van der Waals surface area contributed by atoms with Crippen molar-refractivity contribution < 1.29 is 4.42 Å². The fourth-order valence-corrected chi connectivity index (χ4v) is 7.81. The summed E-state index contributed by atoms with van der Waals surface area (Å²) < 4.78 is 6.66. The van der Waals surface area contributed by atoms with E-state index in [1.807, 2.05) is 6.07 Å². The van der Waals surface area contributed by atoms with Crippen molar-refractivity contribution in [1.29, 1.82) is 0 Å². The van der Waals surface area contributed by atoms with Crippen LogP contribution in [0.2, 0.25) is 0 Å². The zero-order chi connectivity index (χ0) is 35.8. The number of anilines is 3. The Morgan fingerprint density at radius 2 is 0.907 bits per heavy atom. The first kappa shape index (κ1) is 31.6. The van der Waals surface area contributed by atoms with E-state index >= 15 is 0 Å². The van der Waals surface area contributed by atoms with Gasteiger partial charge >= 0.3 is 0 Å². The molecule has 0 aliphatic rings. The third-order valence-corrected chi connectivity index (χ3v) is 10.5. The summed E-state index contributed by atoms with van der Waals surface area (Å²) in [6.45, 7) is 0. The van der Waals surface area contributed by atoms with Gasteiger partial charge in [-0.15, -0.1) is 0 Å². The van der Waals surface area contributed by atoms with Gasteiger partial charge in [0.1, 0.15) is 11.3 Å². The minimum atomic E-state index is 0.863. The number of hydrogen-bond acceptors (Lipinski definition) is 2. The molecular weight excluding hydrogens is 655 g/mol. The van der Waals surface area contributed by atoms with Crippen LogP contribution in [0.3, 0.4) is 0 Å². The third-order valence-electron chi connectivity index (χ3n) is 10.5. The van der Waals surface area contributed by atoms with Crippen LogP contribution >= 0.6 is 0 Å². The van der Waals surface area contributed by atoms with Gasteiger partial charge in [0, 0.05) is 33.6 Å². The van der Waals surface area contributed by atoms with Gasteiger partial charge in [-0.25, -0.2) is 0 Å². The van der Waals surface area contributed by atoms with Crippen LogP contribution in [0.4, 0.5) is 17.1 Å². The number of hydrogen-bond donors (Lipinski definition) is 0. The van der Waals surface area contributed by atoms with Gasteiger partial charge in [0.05, 0.1) is 0 Å². The van der Waals surface area contributed by atoms with Crippen LogP contribution in [0.1, 0.15) is 0 Å². The van der Waals surface area contributed by atoms with Crippen molar-refractivity contribution in [3.05, 3.63) is 212 Å². The zero-order valence-electron chi connectivity index (χ0n) is 29.6.